The number of fused-ring (bicyclic) bond motifs is 1. The van der Waals surface area contributed by atoms with Crippen LogP contribution in [-0.4, -0.2) is 40.1 Å². The van der Waals surface area contributed by atoms with E-state index in [4.69, 9.17) is 0 Å². The molecule has 6 nitrogen and oxygen atoms in total. The first-order chi connectivity index (χ1) is 10.4. The minimum atomic E-state index is -0.762. The Labute approximate surface area is 133 Å². The molecule has 2 heterocycles. The van der Waals surface area contributed by atoms with E-state index in [0.29, 0.717) is 30.6 Å². The Kier molecular flexibility index (Phi) is 3.84. The Hall–Kier alpha value is -1.63. The summed E-state index contributed by atoms with van der Waals surface area (Å²) in [5, 5.41) is 14.9. The van der Waals surface area contributed by atoms with Gasteiger partial charge in [0.05, 0.1) is 11.1 Å². The molecule has 1 aliphatic heterocycles. The van der Waals surface area contributed by atoms with Gasteiger partial charge in [0, 0.05) is 18.5 Å². The van der Waals surface area contributed by atoms with Crippen molar-refractivity contribution in [3.63, 3.8) is 0 Å². The molecule has 1 saturated carbocycles. The van der Waals surface area contributed by atoms with Crippen molar-refractivity contribution >= 4 is 28.5 Å². The molecule has 3 rings (SSSR count). The predicted octanol–water partition coefficient (Wildman–Crippen LogP) is 2.99. The maximum atomic E-state index is 12.4. The molecule has 0 bridgehead atoms. The van der Waals surface area contributed by atoms with Crippen LogP contribution in [0.1, 0.15) is 44.7 Å². The number of hydrogen-bond donors (Lipinski definition) is 2. The van der Waals surface area contributed by atoms with Crippen LogP contribution < -0.4 is 5.32 Å². The van der Waals surface area contributed by atoms with Crippen LogP contribution in [0.5, 0.6) is 0 Å². The lowest BCUT2D eigenvalue weighted by Crippen LogP contribution is -2.38. The van der Waals surface area contributed by atoms with Crippen molar-refractivity contribution in [2.45, 2.75) is 39.0 Å². The zero-order valence-electron chi connectivity index (χ0n) is 12.8. The van der Waals surface area contributed by atoms with Gasteiger partial charge in [-0.15, -0.1) is 11.3 Å². The fourth-order valence-corrected chi connectivity index (χ4v) is 4.43. The van der Waals surface area contributed by atoms with Crippen LogP contribution in [-0.2, 0) is 4.79 Å². The fourth-order valence-electron chi connectivity index (χ4n) is 3.57. The smallest absolute Gasteiger partial charge is 0.323 e. The van der Waals surface area contributed by atoms with Crippen molar-refractivity contribution in [1.29, 1.82) is 0 Å². The van der Waals surface area contributed by atoms with Crippen molar-refractivity contribution < 1.29 is 14.7 Å². The molecule has 0 aromatic carbocycles. The summed E-state index contributed by atoms with van der Waals surface area (Å²) in [6, 6.07) is -0.236. The SMILES string of the molecule is CC(C)c1csc(NC(=O)N2C[C@@H]3CCC[C@@]3(C(=O)O)C2)n1. The van der Waals surface area contributed by atoms with Gasteiger partial charge in [0.25, 0.3) is 0 Å². The minimum Gasteiger partial charge on any atom is -0.481 e. The van der Waals surface area contributed by atoms with E-state index < -0.39 is 11.4 Å². The molecule has 7 heteroatoms. The van der Waals surface area contributed by atoms with Crippen LogP contribution in [0.15, 0.2) is 5.38 Å². The Balaban J connectivity index is 1.67. The highest BCUT2D eigenvalue weighted by Gasteiger charge is 2.55. The van der Waals surface area contributed by atoms with E-state index in [2.05, 4.69) is 24.1 Å². The van der Waals surface area contributed by atoms with E-state index in [1.165, 1.54) is 11.3 Å². The molecule has 1 saturated heterocycles. The van der Waals surface area contributed by atoms with E-state index >= 15 is 0 Å². The molecule has 1 aliphatic carbocycles. The average molecular weight is 323 g/mol. The molecule has 2 atom stereocenters. The first-order valence-corrected chi connectivity index (χ1v) is 8.55. The van der Waals surface area contributed by atoms with Crippen LogP contribution in [0.3, 0.4) is 0 Å². The maximum Gasteiger partial charge on any atom is 0.323 e. The monoisotopic (exact) mass is 323 g/mol. The largest absolute Gasteiger partial charge is 0.481 e. The predicted molar refractivity (Wildman–Crippen MR) is 84.2 cm³/mol. The van der Waals surface area contributed by atoms with Crippen LogP contribution in [0.2, 0.25) is 0 Å². The summed E-state index contributed by atoms with van der Waals surface area (Å²) in [6.45, 7) is 4.94. The number of carboxylic acids is 1. The topological polar surface area (TPSA) is 82.5 Å². The van der Waals surface area contributed by atoms with Gasteiger partial charge in [0.15, 0.2) is 5.13 Å². The van der Waals surface area contributed by atoms with E-state index in [1.807, 2.05) is 5.38 Å². The Morgan fingerprint density at radius 1 is 1.55 bits per heavy atom. The number of thiazole rings is 1. The molecular formula is C15H21N3O3S. The first kappa shape index (κ1) is 15.3. The number of carbonyl (C=O) groups excluding carboxylic acids is 1. The zero-order chi connectivity index (χ0) is 15.9. The van der Waals surface area contributed by atoms with Crippen LogP contribution in [0.25, 0.3) is 0 Å². The summed E-state index contributed by atoms with van der Waals surface area (Å²) in [4.78, 5) is 30.0. The second-order valence-corrected chi connectivity index (χ2v) is 7.45. The lowest BCUT2D eigenvalue weighted by atomic mass is 9.81. The molecule has 2 amide bonds. The minimum absolute atomic E-state index is 0.0817. The summed E-state index contributed by atoms with van der Waals surface area (Å²) in [5.41, 5.74) is 0.226. The molecule has 0 spiro atoms. The van der Waals surface area contributed by atoms with Gasteiger partial charge in [-0.1, -0.05) is 20.3 Å². The van der Waals surface area contributed by atoms with Crippen molar-refractivity contribution in [3.05, 3.63) is 11.1 Å². The maximum absolute atomic E-state index is 12.4. The van der Waals surface area contributed by atoms with Gasteiger partial charge in [-0.05, 0) is 24.7 Å². The average Bonchev–Trinajstić information content (AvgIpc) is 3.10. The molecule has 120 valence electrons. The number of carboxylic acid groups (broad SMARTS) is 1. The van der Waals surface area contributed by atoms with Crippen LogP contribution in [0.4, 0.5) is 9.93 Å². The highest BCUT2D eigenvalue weighted by Crippen LogP contribution is 2.48. The summed E-state index contributed by atoms with van der Waals surface area (Å²) in [5.74, 6) is -0.358. The van der Waals surface area contributed by atoms with E-state index in [1.54, 1.807) is 4.90 Å². The first-order valence-electron chi connectivity index (χ1n) is 7.67. The number of hydrogen-bond acceptors (Lipinski definition) is 4. The highest BCUT2D eigenvalue weighted by atomic mass is 32.1. The second kappa shape index (κ2) is 5.53. The van der Waals surface area contributed by atoms with Crippen molar-refractivity contribution in [2.75, 3.05) is 18.4 Å². The number of carbonyl (C=O) groups is 2. The number of rotatable bonds is 3. The number of urea groups is 1. The number of anilines is 1. The number of nitrogens with one attached hydrogen (secondary N) is 1. The molecule has 22 heavy (non-hydrogen) atoms. The van der Waals surface area contributed by atoms with Crippen molar-refractivity contribution in [2.24, 2.45) is 11.3 Å². The fraction of sp³-hybridized carbons (Fsp3) is 0.667. The van der Waals surface area contributed by atoms with E-state index in [-0.39, 0.29) is 11.9 Å². The number of likely N-dealkylation sites (tertiary alicyclic amines) is 1. The summed E-state index contributed by atoms with van der Waals surface area (Å²) >= 11 is 1.41. The summed E-state index contributed by atoms with van der Waals surface area (Å²) in [7, 11) is 0. The van der Waals surface area contributed by atoms with Crippen molar-refractivity contribution in [3.8, 4) is 0 Å². The van der Waals surface area contributed by atoms with Gasteiger partial charge in [-0.25, -0.2) is 9.78 Å². The highest BCUT2D eigenvalue weighted by molar-refractivity contribution is 7.13. The lowest BCUT2D eigenvalue weighted by Gasteiger charge is -2.23. The van der Waals surface area contributed by atoms with Crippen LogP contribution >= 0.6 is 11.3 Å². The zero-order valence-corrected chi connectivity index (χ0v) is 13.7. The molecule has 0 unspecified atom stereocenters. The molecule has 0 radical (unpaired) electrons. The number of amides is 2. The van der Waals surface area contributed by atoms with Gasteiger partial charge < -0.3 is 10.0 Å². The van der Waals surface area contributed by atoms with Crippen molar-refractivity contribution in [1.82, 2.24) is 9.88 Å². The van der Waals surface area contributed by atoms with Gasteiger partial charge in [0.2, 0.25) is 0 Å². The number of aliphatic carboxylic acids is 1. The standard InChI is InChI=1S/C15H21N3O3S/c1-9(2)11-7-22-13(16-11)17-14(21)18-6-10-4-3-5-15(10,8-18)12(19)20/h7,9-10H,3-6,8H2,1-2H3,(H,19,20)(H,16,17,21)/t10-,15+/m0/s1. The van der Waals surface area contributed by atoms with Gasteiger partial charge >= 0.3 is 12.0 Å². The van der Waals surface area contributed by atoms with Gasteiger partial charge in [-0.2, -0.15) is 0 Å². The number of nitrogens with zero attached hydrogens (tertiary/aromatic N) is 2. The lowest BCUT2D eigenvalue weighted by molar-refractivity contribution is -0.149. The van der Waals surface area contributed by atoms with Gasteiger partial charge in [0.1, 0.15) is 0 Å². The molecular weight excluding hydrogens is 302 g/mol. The molecule has 1 aromatic heterocycles. The molecule has 2 N–H and O–H groups in total. The number of aromatic nitrogens is 1. The Bertz CT molecular complexity index is 601. The van der Waals surface area contributed by atoms with E-state index in [0.717, 1.165) is 18.5 Å². The summed E-state index contributed by atoms with van der Waals surface area (Å²) in [6.07, 6.45) is 2.51. The normalized spacial score (nSPS) is 27.2. The van der Waals surface area contributed by atoms with Gasteiger partial charge in [-0.3, -0.25) is 10.1 Å². The summed E-state index contributed by atoms with van der Waals surface area (Å²) < 4.78 is 0. The second-order valence-electron chi connectivity index (χ2n) is 6.59. The Morgan fingerprint density at radius 3 is 2.91 bits per heavy atom. The molecule has 1 aromatic rings. The van der Waals surface area contributed by atoms with Crippen LogP contribution in [0, 0.1) is 11.3 Å². The van der Waals surface area contributed by atoms with E-state index in [9.17, 15) is 14.7 Å². The third kappa shape index (κ3) is 2.47. The third-order valence-electron chi connectivity index (χ3n) is 4.91. The molecule has 2 aliphatic rings. The Morgan fingerprint density at radius 2 is 2.32 bits per heavy atom. The third-order valence-corrected chi connectivity index (χ3v) is 5.69. The molecule has 2 fully saturated rings. The quantitative estimate of drug-likeness (QED) is 0.896.